The Labute approximate surface area is 114 Å². The van der Waals surface area contributed by atoms with E-state index in [0.717, 1.165) is 32.7 Å². The van der Waals surface area contributed by atoms with Crippen LogP contribution in [0.3, 0.4) is 0 Å². The molecule has 1 atom stereocenters. The van der Waals surface area contributed by atoms with Crippen molar-refractivity contribution >= 4 is 6.03 Å². The van der Waals surface area contributed by atoms with Gasteiger partial charge in [-0.1, -0.05) is 24.3 Å². The van der Waals surface area contributed by atoms with Crippen molar-refractivity contribution in [3.05, 3.63) is 35.4 Å². The third-order valence-corrected chi connectivity index (χ3v) is 4.28. The number of urea groups is 1. The minimum atomic E-state index is 0.195. The van der Waals surface area contributed by atoms with Gasteiger partial charge < -0.3 is 9.80 Å². The molecule has 0 spiro atoms. The van der Waals surface area contributed by atoms with Gasteiger partial charge in [-0.15, -0.1) is 0 Å². The van der Waals surface area contributed by atoms with E-state index in [9.17, 15) is 4.79 Å². The molecule has 102 valence electrons. The number of aryl methyl sites for hydroxylation is 1. The van der Waals surface area contributed by atoms with Crippen LogP contribution in [0.15, 0.2) is 24.3 Å². The zero-order valence-electron chi connectivity index (χ0n) is 11.7. The van der Waals surface area contributed by atoms with Crippen LogP contribution in [0.25, 0.3) is 0 Å². The molecule has 0 bridgehead atoms. The average molecular weight is 259 g/mol. The third kappa shape index (κ3) is 2.32. The summed E-state index contributed by atoms with van der Waals surface area (Å²) in [7, 11) is 1.90. The van der Waals surface area contributed by atoms with Crippen LogP contribution in [-0.4, -0.2) is 60.0 Å². The van der Waals surface area contributed by atoms with Gasteiger partial charge in [0, 0.05) is 39.8 Å². The average Bonchev–Trinajstić information content (AvgIpc) is 2.68. The first-order valence-electron chi connectivity index (χ1n) is 6.94. The molecule has 4 nitrogen and oxygen atoms in total. The highest BCUT2D eigenvalue weighted by Gasteiger charge is 2.38. The molecule has 0 saturated carbocycles. The molecule has 2 saturated heterocycles. The van der Waals surface area contributed by atoms with Crippen LogP contribution in [0.5, 0.6) is 0 Å². The Balaban J connectivity index is 1.66. The molecule has 19 heavy (non-hydrogen) atoms. The first-order valence-corrected chi connectivity index (χ1v) is 6.94. The zero-order chi connectivity index (χ0) is 13.4. The maximum atomic E-state index is 11.9. The molecule has 0 unspecified atom stereocenters. The van der Waals surface area contributed by atoms with Gasteiger partial charge in [0.25, 0.3) is 0 Å². The lowest BCUT2D eigenvalue weighted by molar-refractivity contribution is 0.116. The number of amides is 2. The molecule has 0 aromatic heterocycles. The maximum absolute atomic E-state index is 11.9. The minimum Gasteiger partial charge on any atom is -0.326 e. The number of hydrogen-bond donors (Lipinski definition) is 0. The summed E-state index contributed by atoms with van der Waals surface area (Å²) >= 11 is 0. The van der Waals surface area contributed by atoms with E-state index in [4.69, 9.17) is 0 Å². The van der Waals surface area contributed by atoms with Gasteiger partial charge in [0.1, 0.15) is 0 Å². The molecule has 0 radical (unpaired) electrons. The normalized spacial score (nSPS) is 23.9. The predicted molar refractivity (Wildman–Crippen MR) is 75.0 cm³/mol. The highest BCUT2D eigenvalue weighted by Crippen LogP contribution is 2.21. The van der Waals surface area contributed by atoms with Crippen molar-refractivity contribution in [1.82, 2.24) is 14.7 Å². The van der Waals surface area contributed by atoms with Gasteiger partial charge in [-0.2, -0.15) is 0 Å². The fourth-order valence-corrected chi connectivity index (χ4v) is 3.11. The summed E-state index contributed by atoms with van der Waals surface area (Å²) in [5.41, 5.74) is 2.75. The second-order valence-electron chi connectivity index (χ2n) is 5.67. The van der Waals surface area contributed by atoms with Crippen LogP contribution in [0, 0.1) is 6.92 Å². The zero-order valence-corrected chi connectivity index (χ0v) is 11.7. The molecule has 4 heteroatoms. The van der Waals surface area contributed by atoms with Crippen LogP contribution in [-0.2, 0) is 6.54 Å². The van der Waals surface area contributed by atoms with E-state index in [1.165, 1.54) is 11.1 Å². The third-order valence-electron chi connectivity index (χ3n) is 4.28. The number of hydrogen-bond acceptors (Lipinski definition) is 2. The van der Waals surface area contributed by atoms with E-state index in [2.05, 4.69) is 36.1 Å². The van der Waals surface area contributed by atoms with E-state index in [1.807, 2.05) is 16.8 Å². The van der Waals surface area contributed by atoms with Gasteiger partial charge >= 0.3 is 6.03 Å². The Hall–Kier alpha value is -1.55. The number of fused-ring (bicyclic) bond motifs is 1. The first-order chi connectivity index (χ1) is 9.15. The van der Waals surface area contributed by atoms with Crippen molar-refractivity contribution < 1.29 is 4.79 Å². The van der Waals surface area contributed by atoms with Gasteiger partial charge in [-0.05, 0) is 18.1 Å². The van der Waals surface area contributed by atoms with E-state index < -0.39 is 0 Å². The van der Waals surface area contributed by atoms with Gasteiger partial charge in [-0.25, -0.2) is 4.79 Å². The number of rotatable bonds is 2. The molecule has 2 amide bonds. The van der Waals surface area contributed by atoms with Crippen molar-refractivity contribution in [3.63, 3.8) is 0 Å². The molecule has 2 fully saturated rings. The second-order valence-corrected chi connectivity index (χ2v) is 5.67. The molecule has 1 aromatic rings. The number of benzene rings is 1. The minimum absolute atomic E-state index is 0.195. The van der Waals surface area contributed by atoms with Crippen molar-refractivity contribution in [1.29, 1.82) is 0 Å². The topological polar surface area (TPSA) is 26.8 Å². The summed E-state index contributed by atoms with van der Waals surface area (Å²) in [5.74, 6) is 0. The summed E-state index contributed by atoms with van der Waals surface area (Å²) in [6.45, 7) is 6.85. The van der Waals surface area contributed by atoms with E-state index in [0.29, 0.717) is 6.04 Å². The molecule has 0 aliphatic carbocycles. The quantitative estimate of drug-likeness (QED) is 0.805. The predicted octanol–water partition coefficient (Wildman–Crippen LogP) is 1.55. The summed E-state index contributed by atoms with van der Waals surface area (Å²) in [5, 5.41) is 0. The fraction of sp³-hybridized carbons (Fsp3) is 0.533. The summed E-state index contributed by atoms with van der Waals surface area (Å²) in [4.78, 5) is 18.2. The van der Waals surface area contributed by atoms with Gasteiger partial charge in [0.15, 0.2) is 0 Å². The molecule has 3 rings (SSSR count). The van der Waals surface area contributed by atoms with Crippen LogP contribution >= 0.6 is 0 Å². The summed E-state index contributed by atoms with van der Waals surface area (Å²) in [6.07, 6.45) is 0. The largest absolute Gasteiger partial charge is 0.326 e. The Morgan fingerprint density at radius 1 is 1.21 bits per heavy atom. The Bertz CT molecular complexity index is 488. The van der Waals surface area contributed by atoms with Crippen molar-refractivity contribution in [2.24, 2.45) is 0 Å². The first kappa shape index (κ1) is 12.5. The number of carbonyl (C=O) groups excluding carboxylic acids is 1. The molecule has 0 N–H and O–H groups in total. The Kier molecular flexibility index (Phi) is 3.19. The van der Waals surface area contributed by atoms with Gasteiger partial charge in [-0.3, -0.25) is 4.90 Å². The molecule has 2 aliphatic heterocycles. The van der Waals surface area contributed by atoms with E-state index >= 15 is 0 Å². The van der Waals surface area contributed by atoms with Crippen molar-refractivity contribution in [2.75, 3.05) is 33.2 Å². The lowest BCUT2D eigenvalue weighted by atomic mass is 10.1. The lowest BCUT2D eigenvalue weighted by Crippen LogP contribution is -2.51. The maximum Gasteiger partial charge on any atom is 0.320 e. The Morgan fingerprint density at radius 3 is 2.79 bits per heavy atom. The van der Waals surface area contributed by atoms with Crippen LogP contribution in [0.2, 0.25) is 0 Å². The number of likely N-dealkylation sites (N-methyl/N-ethyl adjacent to an activating group) is 1. The fourth-order valence-electron chi connectivity index (χ4n) is 3.11. The molecule has 1 aromatic carbocycles. The van der Waals surface area contributed by atoms with Crippen molar-refractivity contribution in [3.8, 4) is 0 Å². The lowest BCUT2D eigenvalue weighted by Gasteiger charge is -2.36. The smallest absolute Gasteiger partial charge is 0.320 e. The highest BCUT2D eigenvalue weighted by atomic mass is 16.2. The SMILES string of the molecule is Cc1ccccc1CN1CCN2C(=O)N(C)C[C@H]2C1. The van der Waals surface area contributed by atoms with Crippen LogP contribution in [0.4, 0.5) is 4.79 Å². The molecular weight excluding hydrogens is 238 g/mol. The monoisotopic (exact) mass is 259 g/mol. The van der Waals surface area contributed by atoms with Gasteiger partial charge in [0.2, 0.25) is 0 Å². The highest BCUT2D eigenvalue weighted by molar-refractivity contribution is 5.77. The number of nitrogens with zero attached hydrogens (tertiary/aromatic N) is 3. The van der Waals surface area contributed by atoms with E-state index in [-0.39, 0.29) is 6.03 Å². The number of carbonyl (C=O) groups is 1. The van der Waals surface area contributed by atoms with Gasteiger partial charge in [0.05, 0.1) is 6.04 Å². The molecule has 2 heterocycles. The molecule has 2 aliphatic rings. The summed E-state index contributed by atoms with van der Waals surface area (Å²) in [6, 6.07) is 9.12. The standard InChI is InChI=1S/C15H21N3O/c1-12-5-3-4-6-13(12)9-17-7-8-18-14(11-17)10-16(2)15(18)19/h3-6,14H,7-11H2,1-2H3/t14-/m0/s1. The van der Waals surface area contributed by atoms with Crippen molar-refractivity contribution in [2.45, 2.75) is 19.5 Å². The Morgan fingerprint density at radius 2 is 2.00 bits per heavy atom. The summed E-state index contributed by atoms with van der Waals surface area (Å²) < 4.78 is 0. The van der Waals surface area contributed by atoms with Crippen LogP contribution < -0.4 is 0 Å². The second kappa shape index (κ2) is 4.85. The molecular formula is C15H21N3O. The number of piperazine rings is 1. The van der Waals surface area contributed by atoms with E-state index in [1.54, 1.807) is 0 Å². The van der Waals surface area contributed by atoms with Crippen LogP contribution in [0.1, 0.15) is 11.1 Å².